The van der Waals surface area contributed by atoms with Gasteiger partial charge in [-0.2, -0.15) is 4.72 Å². The zero-order chi connectivity index (χ0) is 21.1. The van der Waals surface area contributed by atoms with Crippen LogP contribution < -0.4 is 10.5 Å². The first-order chi connectivity index (χ1) is 12.9. The number of sulfonamides is 1. The maximum absolute atomic E-state index is 12.7. The van der Waals surface area contributed by atoms with Gasteiger partial charge in [-0.05, 0) is 63.1 Å². The molecule has 0 aliphatic heterocycles. The zero-order valence-electron chi connectivity index (χ0n) is 16.3. The third-order valence-electron chi connectivity index (χ3n) is 3.97. The molecule has 0 saturated carbocycles. The van der Waals surface area contributed by atoms with E-state index in [2.05, 4.69) is 4.72 Å². The average molecular weight is 407 g/mol. The lowest BCUT2D eigenvalue weighted by atomic mass is 10.1. The number of rotatable bonds is 7. The van der Waals surface area contributed by atoms with Gasteiger partial charge in [-0.3, -0.25) is 4.79 Å². The predicted octanol–water partition coefficient (Wildman–Crippen LogP) is 2.87. The Morgan fingerprint density at radius 2 is 1.50 bits per heavy atom. The number of nitrogens with two attached hydrogens (primary N) is 1. The summed E-state index contributed by atoms with van der Waals surface area (Å²) in [5, 5.41) is 9.45. The summed E-state index contributed by atoms with van der Waals surface area (Å²) in [6.45, 7) is 6.84. The molecule has 2 rings (SSSR count). The van der Waals surface area contributed by atoms with Gasteiger partial charge in [0.15, 0.2) is 0 Å². The average Bonchev–Trinajstić information content (AvgIpc) is 2.59. The van der Waals surface area contributed by atoms with E-state index in [0.29, 0.717) is 5.69 Å². The summed E-state index contributed by atoms with van der Waals surface area (Å²) in [5.41, 5.74) is 7.41. The van der Waals surface area contributed by atoms with Crippen molar-refractivity contribution in [2.45, 2.75) is 50.3 Å². The minimum absolute atomic E-state index is 0.0269. The molecular weight excluding hydrogens is 380 g/mol. The Kier molecular flexibility index (Phi) is 6.48. The second-order valence-electron chi connectivity index (χ2n) is 7.52. The van der Waals surface area contributed by atoms with Gasteiger partial charge in [-0.15, -0.1) is 0 Å². The molecule has 0 aromatic heterocycles. The zero-order valence-corrected chi connectivity index (χ0v) is 17.2. The fourth-order valence-electron chi connectivity index (χ4n) is 2.71. The molecule has 28 heavy (non-hydrogen) atoms. The first-order valence-electron chi connectivity index (χ1n) is 8.78. The van der Waals surface area contributed by atoms with Gasteiger partial charge >= 0.3 is 5.97 Å². The van der Waals surface area contributed by atoms with Crippen LogP contribution >= 0.6 is 0 Å². The van der Waals surface area contributed by atoms with E-state index < -0.39 is 33.7 Å². The Bertz CT molecular complexity index is 917. The Hall–Kier alpha value is -2.42. The number of nitrogen functional groups attached to an aromatic ring is 1. The molecule has 0 aliphatic rings. The first kappa shape index (κ1) is 21.9. The highest BCUT2D eigenvalue weighted by Crippen LogP contribution is 2.23. The summed E-state index contributed by atoms with van der Waals surface area (Å²) in [6, 6.07) is 12.0. The van der Waals surface area contributed by atoms with Crippen LogP contribution in [0.2, 0.25) is 0 Å². The molecule has 8 heteroatoms. The Balaban J connectivity index is 2.22. The SMILES string of the molecule is CC(OC(C)(C)C)C(NS(=O)(=O)c1ccc(-c2ccc(N)cc2)cc1)C(=O)O. The number of benzene rings is 2. The molecule has 7 nitrogen and oxygen atoms in total. The maximum Gasteiger partial charge on any atom is 0.324 e. The molecule has 0 fully saturated rings. The van der Waals surface area contributed by atoms with E-state index in [1.54, 1.807) is 45.0 Å². The summed E-state index contributed by atoms with van der Waals surface area (Å²) in [5.74, 6) is -1.31. The number of carboxylic acids is 1. The number of ether oxygens (including phenoxy) is 1. The van der Waals surface area contributed by atoms with Crippen LogP contribution in [0.25, 0.3) is 11.1 Å². The highest BCUT2D eigenvalue weighted by atomic mass is 32.2. The molecule has 0 bridgehead atoms. The summed E-state index contributed by atoms with van der Waals surface area (Å²) in [6.07, 6.45) is -0.860. The molecule has 0 radical (unpaired) electrons. The molecule has 2 unspecified atom stereocenters. The van der Waals surface area contributed by atoms with Crippen LogP contribution in [0, 0.1) is 0 Å². The van der Waals surface area contributed by atoms with Crippen molar-refractivity contribution in [2.24, 2.45) is 0 Å². The molecule has 4 N–H and O–H groups in total. The third kappa shape index (κ3) is 5.79. The highest BCUT2D eigenvalue weighted by Gasteiger charge is 2.33. The van der Waals surface area contributed by atoms with Crippen LogP contribution in [0.1, 0.15) is 27.7 Å². The standard InChI is InChI=1S/C20H26N2O5S/c1-13(27-20(2,3)4)18(19(23)24)22-28(25,26)17-11-7-15(8-12-17)14-5-9-16(21)10-6-14/h5-13,18,22H,21H2,1-4H3,(H,23,24). The van der Waals surface area contributed by atoms with Crippen molar-refractivity contribution < 1.29 is 23.1 Å². The second-order valence-corrected chi connectivity index (χ2v) is 9.23. The molecule has 2 aromatic carbocycles. The second kappa shape index (κ2) is 8.30. The molecule has 0 heterocycles. The number of carbonyl (C=O) groups is 1. The van der Waals surface area contributed by atoms with Gasteiger partial charge in [0.2, 0.25) is 10.0 Å². The smallest absolute Gasteiger partial charge is 0.324 e. The Labute approximate surface area is 165 Å². The van der Waals surface area contributed by atoms with E-state index in [1.165, 1.54) is 19.1 Å². The molecule has 0 spiro atoms. The fourth-order valence-corrected chi connectivity index (χ4v) is 3.97. The highest BCUT2D eigenvalue weighted by molar-refractivity contribution is 7.89. The van der Waals surface area contributed by atoms with Crippen LogP contribution in [0.4, 0.5) is 5.69 Å². The van der Waals surface area contributed by atoms with Gasteiger partial charge in [0, 0.05) is 5.69 Å². The van der Waals surface area contributed by atoms with Crippen LogP contribution in [-0.2, 0) is 19.6 Å². The third-order valence-corrected chi connectivity index (χ3v) is 5.42. The van der Waals surface area contributed by atoms with E-state index in [4.69, 9.17) is 10.5 Å². The topological polar surface area (TPSA) is 119 Å². The molecule has 152 valence electrons. The van der Waals surface area contributed by atoms with E-state index in [-0.39, 0.29) is 4.90 Å². The largest absolute Gasteiger partial charge is 0.480 e. The van der Waals surface area contributed by atoms with E-state index in [0.717, 1.165) is 11.1 Å². The van der Waals surface area contributed by atoms with Gasteiger partial charge in [-0.1, -0.05) is 24.3 Å². The lowest BCUT2D eigenvalue weighted by Crippen LogP contribution is -2.50. The number of anilines is 1. The Morgan fingerprint density at radius 3 is 1.93 bits per heavy atom. The van der Waals surface area contributed by atoms with Crippen molar-refractivity contribution in [3.8, 4) is 11.1 Å². The van der Waals surface area contributed by atoms with Gasteiger partial charge in [0.1, 0.15) is 6.04 Å². The molecular formula is C20H26N2O5S. The number of carboxylic acid groups (broad SMARTS) is 1. The fraction of sp³-hybridized carbons (Fsp3) is 0.350. The van der Waals surface area contributed by atoms with E-state index in [1.807, 2.05) is 12.1 Å². The first-order valence-corrected chi connectivity index (χ1v) is 10.3. The van der Waals surface area contributed by atoms with Crippen molar-refractivity contribution in [3.63, 3.8) is 0 Å². The maximum atomic E-state index is 12.7. The van der Waals surface area contributed by atoms with Crippen molar-refractivity contribution >= 4 is 21.7 Å². The lowest BCUT2D eigenvalue weighted by Gasteiger charge is -2.29. The van der Waals surface area contributed by atoms with E-state index >= 15 is 0 Å². The Morgan fingerprint density at radius 1 is 1.04 bits per heavy atom. The van der Waals surface area contributed by atoms with Crippen molar-refractivity contribution in [3.05, 3.63) is 48.5 Å². The van der Waals surface area contributed by atoms with Crippen molar-refractivity contribution in [1.82, 2.24) is 4.72 Å². The molecule has 0 saturated heterocycles. The number of aliphatic carboxylic acids is 1. The number of hydrogen-bond acceptors (Lipinski definition) is 5. The predicted molar refractivity (Wildman–Crippen MR) is 108 cm³/mol. The van der Waals surface area contributed by atoms with Crippen LogP contribution in [-0.4, -0.2) is 37.2 Å². The van der Waals surface area contributed by atoms with Crippen molar-refractivity contribution in [2.75, 3.05) is 5.73 Å². The molecule has 0 amide bonds. The van der Waals surface area contributed by atoms with Gasteiger partial charge in [-0.25, -0.2) is 8.42 Å². The summed E-state index contributed by atoms with van der Waals surface area (Å²) < 4.78 is 33.2. The summed E-state index contributed by atoms with van der Waals surface area (Å²) in [7, 11) is -4.04. The van der Waals surface area contributed by atoms with Crippen LogP contribution in [0.5, 0.6) is 0 Å². The molecule has 2 atom stereocenters. The summed E-state index contributed by atoms with van der Waals surface area (Å²) in [4.78, 5) is 11.6. The molecule has 0 aliphatic carbocycles. The van der Waals surface area contributed by atoms with Gasteiger partial charge in [0.05, 0.1) is 16.6 Å². The number of nitrogens with one attached hydrogen (secondary N) is 1. The minimum atomic E-state index is -4.04. The molecule has 2 aromatic rings. The number of hydrogen-bond donors (Lipinski definition) is 3. The summed E-state index contributed by atoms with van der Waals surface area (Å²) >= 11 is 0. The van der Waals surface area contributed by atoms with Crippen LogP contribution in [0.15, 0.2) is 53.4 Å². The monoisotopic (exact) mass is 406 g/mol. The minimum Gasteiger partial charge on any atom is -0.480 e. The van der Waals surface area contributed by atoms with Crippen LogP contribution in [0.3, 0.4) is 0 Å². The quantitative estimate of drug-likeness (QED) is 0.609. The van der Waals surface area contributed by atoms with Crippen molar-refractivity contribution in [1.29, 1.82) is 0 Å². The normalized spacial score (nSPS) is 14.4. The lowest BCUT2D eigenvalue weighted by molar-refractivity contribution is -0.146. The van der Waals surface area contributed by atoms with Gasteiger partial charge in [0.25, 0.3) is 0 Å². The van der Waals surface area contributed by atoms with Gasteiger partial charge < -0.3 is 15.6 Å². The van der Waals surface area contributed by atoms with E-state index in [9.17, 15) is 18.3 Å².